The molecular formula is C22H25ClN2O3. The highest BCUT2D eigenvalue weighted by Crippen LogP contribution is 2.34. The van der Waals surface area contributed by atoms with Gasteiger partial charge in [-0.15, -0.1) is 0 Å². The zero-order chi connectivity index (χ0) is 19.5. The van der Waals surface area contributed by atoms with Crippen LogP contribution in [0.3, 0.4) is 0 Å². The number of aliphatic hydroxyl groups is 1. The summed E-state index contributed by atoms with van der Waals surface area (Å²) in [6, 6.07) is 9.04. The van der Waals surface area contributed by atoms with Gasteiger partial charge >= 0.3 is 0 Å². The molecule has 0 radical (unpaired) electrons. The molecule has 2 saturated carbocycles. The van der Waals surface area contributed by atoms with Crippen molar-refractivity contribution in [3.8, 4) is 17.0 Å². The van der Waals surface area contributed by atoms with Gasteiger partial charge in [-0.25, -0.2) is 4.98 Å². The quantitative estimate of drug-likeness (QED) is 0.761. The van der Waals surface area contributed by atoms with Crippen molar-refractivity contribution in [2.45, 2.75) is 50.7 Å². The summed E-state index contributed by atoms with van der Waals surface area (Å²) in [5.41, 5.74) is 2.06. The molecule has 1 aromatic carbocycles. The number of ether oxygens (including phenoxy) is 1. The van der Waals surface area contributed by atoms with Crippen molar-refractivity contribution in [1.82, 2.24) is 10.3 Å². The maximum atomic E-state index is 12.8. The number of nitrogens with zero attached hydrogens (tertiary/aromatic N) is 1. The number of pyridine rings is 1. The predicted octanol–water partition coefficient (Wildman–Crippen LogP) is 4.22. The van der Waals surface area contributed by atoms with Gasteiger partial charge in [-0.05, 0) is 55.4 Å². The number of rotatable bonds is 6. The number of nitrogens with one attached hydrogen (secondary N) is 1. The highest BCUT2D eigenvalue weighted by atomic mass is 35.5. The van der Waals surface area contributed by atoms with Crippen molar-refractivity contribution in [1.29, 1.82) is 0 Å². The Hall–Kier alpha value is -2.11. The Morgan fingerprint density at radius 1 is 1.21 bits per heavy atom. The Bertz CT molecular complexity index is 853. The molecule has 1 aromatic heterocycles. The normalized spacial score (nSPS) is 21.9. The number of benzene rings is 1. The smallest absolute Gasteiger partial charge is 0.253 e. The first-order chi connectivity index (χ1) is 13.6. The molecule has 2 aliphatic rings. The van der Waals surface area contributed by atoms with E-state index in [1.165, 1.54) is 12.8 Å². The number of aliphatic hydroxyl groups excluding tert-OH is 1. The van der Waals surface area contributed by atoms with Gasteiger partial charge < -0.3 is 15.2 Å². The first kappa shape index (κ1) is 19.2. The Kier molecular flexibility index (Phi) is 5.83. The number of aromatic nitrogens is 1. The molecule has 2 aliphatic carbocycles. The summed E-state index contributed by atoms with van der Waals surface area (Å²) < 4.78 is 5.93. The SMILES string of the molecule is O=C(N[C@@H]1CCCC[C@H]1O)c1cnc(OCC2CC2)c(-c2cccc(Cl)c2)c1. The fourth-order valence-corrected chi connectivity index (χ4v) is 3.76. The molecule has 0 bridgehead atoms. The van der Waals surface area contributed by atoms with E-state index < -0.39 is 6.10 Å². The van der Waals surface area contributed by atoms with Gasteiger partial charge in [0.2, 0.25) is 5.88 Å². The van der Waals surface area contributed by atoms with E-state index in [-0.39, 0.29) is 11.9 Å². The Labute approximate surface area is 170 Å². The van der Waals surface area contributed by atoms with Gasteiger partial charge in [-0.1, -0.05) is 36.6 Å². The van der Waals surface area contributed by atoms with Crippen LogP contribution in [0.5, 0.6) is 5.88 Å². The van der Waals surface area contributed by atoms with Gasteiger partial charge in [-0.3, -0.25) is 4.79 Å². The summed E-state index contributed by atoms with van der Waals surface area (Å²) >= 11 is 6.16. The summed E-state index contributed by atoms with van der Waals surface area (Å²) in [6.07, 6.45) is 6.98. The Morgan fingerprint density at radius 2 is 2.04 bits per heavy atom. The minimum absolute atomic E-state index is 0.207. The average molecular weight is 401 g/mol. The summed E-state index contributed by atoms with van der Waals surface area (Å²) in [5, 5.41) is 13.7. The largest absolute Gasteiger partial charge is 0.477 e. The van der Waals surface area contributed by atoms with Gasteiger partial charge in [0.05, 0.1) is 24.3 Å². The summed E-state index contributed by atoms with van der Waals surface area (Å²) in [4.78, 5) is 17.2. The summed E-state index contributed by atoms with van der Waals surface area (Å²) in [6.45, 7) is 0.639. The van der Waals surface area contributed by atoms with Crippen LogP contribution in [0.1, 0.15) is 48.9 Å². The number of halogens is 1. The third kappa shape index (κ3) is 4.65. The molecule has 0 spiro atoms. The van der Waals surface area contributed by atoms with E-state index in [1.807, 2.05) is 24.3 Å². The van der Waals surface area contributed by atoms with E-state index in [0.717, 1.165) is 36.8 Å². The van der Waals surface area contributed by atoms with Crippen molar-refractivity contribution in [3.63, 3.8) is 0 Å². The number of hydrogen-bond donors (Lipinski definition) is 2. The van der Waals surface area contributed by atoms with E-state index >= 15 is 0 Å². The zero-order valence-corrected chi connectivity index (χ0v) is 16.5. The first-order valence-electron chi connectivity index (χ1n) is 9.98. The lowest BCUT2D eigenvalue weighted by atomic mass is 9.92. The van der Waals surface area contributed by atoms with E-state index in [2.05, 4.69) is 10.3 Å². The summed E-state index contributed by atoms with van der Waals surface area (Å²) in [7, 11) is 0. The third-order valence-corrected chi connectivity index (χ3v) is 5.68. The second kappa shape index (κ2) is 8.50. The molecule has 4 rings (SSSR count). The molecule has 28 heavy (non-hydrogen) atoms. The molecule has 1 heterocycles. The molecule has 0 unspecified atom stereocenters. The van der Waals surface area contributed by atoms with Crippen molar-refractivity contribution in [2.75, 3.05) is 6.61 Å². The lowest BCUT2D eigenvalue weighted by Crippen LogP contribution is -2.45. The lowest BCUT2D eigenvalue weighted by Gasteiger charge is -2.28. The van der Waals surface area contributed by atoms with Crippen LogP contribution in [0.4, 0.5) is 0 Å². The lowest BCUT2D eigenvalue weighted by molar-refractivity contribution is 0.0717. The Balaban J connectivity index is 1.59. The highest BCUT2D eigenvalue weighted by molar-refractivity contribution is 6.30. The maximum Gasteiger partial charge on any atom is 0.253 e. The minimum Gasteiger partial charge on any atom is -0.477 e. The molecule has 0 aliphatic heterocycles. The van der Waals surface area contributed by atoms with E-state index in [9.17, 15) is 9.90 Å². The maximum absolute atomic E-state index is 12.8. The van der Waals surface area contributed by atoms with Crippen molar-refractivity contribution >= 4 is 17.5 Å². The van der Waals surface area contributed by atoms with Crippen LogP contribution in [-0.2, 0) is 0 Å². The molecular weight excluding hydrogens is 376 g/mol. The van der Waals surface area contributed by atoms with Crippen LogP contribution in [-0.4, -0.2) is 34.8 Å². The van der Waals surface area contributed by atoms with Gasteiger partial charge in [-0.2, -0.15) is 0 Å². The van der Waals surface area contributed by atoms with Crippen molar-refractivity contribution in [2.24, 2.45) is 5.92 Å². The number of amides is 1. The first-order valence-corrected chi connectivity index (χ1v) is 10.4. The highest BCUT2D eigenvalue weighted by Gasteiger charge is 2.26. The topological polar surface area (TPSA) is 71.5 Å². The van der Waals surface area contributed by atoms with Crippen LogP contribution >= 0.6 is 11.6 Å². The monoisotopic (exact) mass is 400 g/mol. The number of carbonyl (C=O) groups excluding carboxylic acids is 1. The minimum atomic E-state index is -0.487. The molecule has 6 heteroatoms. The second-order valence-electron chi connectivity index (χ2n) is 7.77. The molecule has 2 aromatic rings. The van der Waals surface area contributed by atoms with E-state index in [0.29, 0.717) is 29.0 Å². The van der Waals surface area contributed by atoms with Crippen LogP contribution in [0, 0.1) is 5.92 Å². The van der Waals surface area contributed by atoms with Gasteiger partial charge in [0.25, 0.3) is 5.91 Å². The average Bonchev–Trinajstić information content (AvgIpc) is 3.52. The number of carbonyl (C=O) groups is 1. The van der Waals surface area contributed by atoms with Crippen molar-refractivity contribution < 1.29 is 14.6 Å². The fourth-order valence-electron chi connectivity index (χ4n) is 3.57. The molecule has 148 valence electrons. The van der Waals surface area contributed by atoms with Gasteiger partial charge in [0.15, 0.2) is 0 Å². The van der Waals surface area contributed by atoms with Gasteiger partial charge in [0.1, 0.15) is 0 Å². The fraction of sp³-hybridized carbons (Fsp3) is 0.455. The van der Waals surface area contributed by atoms with Gasteiger partial charge in [0, 0.05) is 16.8 Å². The second-order valence-corrected chi connectivity index (χ2v) is 8.21. The van der Waals surface area contributed by atoms with Crippen LogP contribution in [0.25, 0.3) is 11.1 Å². The summed E-state index contributed by atoms with van der Waals surface area (Å²) in [5.74, 6) is 0.892. The van der Waals surface area contributed by atoms with E-state index in [1.54, 1.807) is 12.3 Å². The molecule has 2 fully saturated rings. The standard InChI is InChI=1S/C22H25ClN2O3/c23-17-5-3-4-15(10-17)18-11-16(12-24-22(18)28-13-14-8-9-14)21(27)25-19-6-1-2-7-20(19)26/h3-5,10-12,14,19-20,26H,1-2,6-9,13H2,(H,25,27)/t19-,20-/m1/s1. The zero-order valence-electron chi connectivity index (χ0n) is 15.7. The molecule has 2 N–H and O–H groups in total. The molecule has 1 amide bonds. The van der Waals surface area contributed by atoms with Crippen LogP contribution < -0.4 is 10.1 Å². The molecule has 2 atom stereocenters. The molecule has 0 saturated heterocycles. The van der Waals surface area contributed by atoms with Crippen LogP contribution in [0.2, 0.25) is 5.02 Å². The Morgan fingerprint density at radius 3 is 2.79 bits per heavy atom. The van der Waals surface area contributed by atoms with Crippen molar-refractivity contribution in [3.05, 3.63) is 47.1 Å². The third-order valence-electron chi connectivity index (χ3n) is 5.45. The molecule has 5 nitrogen and oxygen atoms in total. The van der Waals surface area contributed by atoms with Crippen LogP contribution in [0.15, 0.2) is 36.5 Å². The van der Waals surface area contributed by atoms with E-state index in [4.69, 9.17) is 16.3 Å². The number of hydrogen-bond acceptors (Lipinski definition) is 4. The predicted molar refractivity (Wildman–Crippen MR) is 109 cm³/mol.